The SMILES string of the molecule is CCCCN1C(=O)[C@@H]2[C@H](CCC(=O)[O-])[NH2+][C@@]3(C(=O)Nc4c3ccc(C)c4C)[C@@H]2C1=O. The zero-order chi connectivity index (χ0) is 21.8. The Morgan fingerprint density at radius 3 is 2.63 bits per heavy atom. The Morgan fingerprint density at radius 1 is 1.23 bits per heavy atom. The quantitative estimate of drug-likeness (QED) is 0.599. The Kier molecular flexibility index (Phi) is 4.92. The van der Waals surface area contributed by atoms with Gasteiger partial charge in [-0.15, -0.1) is 0 Å². The minimum absolute atomic E-state index is 0.166. The highest BCUT2D eigenvalue weighted by Gasteiger charge is 2.74. The molecule has 3 aliphatic heterocycles. The van der Waals surface area contributed by atoms with Crippen molar-refractivity contribution < 1.29 is 29.6 Å². The maximum atomic E-state index is 13.4. The first-order chi connectivity index (χ1) is 14.2. The van der Waals surface area contributed by atoms with E-state index in [1.165, 1.54) is 4.90 Å². The minimum Gasteiger partial charge on any atom is -0.550 e. The molecule has 1 spiro atoms. The second-order valence-electron chi connectivity index (χ2n) is 8.68. The van der Waals surface area contributed by atoms with Crippen LogP contribution in [0, 0.1) is 25.7 Å². The number of anilines is 1. The number of nitrogens with two attached hydrogens (primary N) is 1. The predicted octanol–water partition coefficient (Wildman–Crippen LogP) is -0.672. The molecular weight excluding hydrogens is 386 g/mol. The first kappa shape index (κ1) is 20.5. The van der Waals surface area contributed by atoms with Crippen molar-refractivity contribution >= 4 is 29.4 Å². The molecule has 2 fully saturated rings. The van der Waals surface area contributed by atoms with Crippen molar-refractivity contribution in [3.63, 3.8) is 0 Å². The number of amides is 3. The van der Waals surface area contributed by atoms with Crippen molar-refractivity contribution in [3.05, 3.63) is 28.8 Å². The molecule has 8 nitrogen and oxygen atoms in total. The normalized spacial score (nSPS) is 29.5. The first-order valence-electron chi connectivity index (χ1n) is 10.6. The van der Waals surface area contributed by atoms with Crippen LogP contribution in [0.2, 0.25) is 0 Å². The van der Waals surface area contributed by atoms with Gasteiger partial charge in [-0.25, -0.2) is 0 Å². The number of carboxylic acids is 1. The van der Waals surface area contributed by atoms with E-state index in [0.29, 0.717) is 24.2 Å². The number of unbranched alkanes of at least 4 members (excludes halogenated alkanes) is 1. The fraction of sp³-hybridized carbons (Fsp3) is 0.545. The van der Waals surface area contributed by atoms with Crippen LogP contribution in [0.4, 0.5) is 5.69 Å². The Bertz CT molecular complexity index is 958. The Hall–Kier alpha value is -2.74. The van der Waals surface area contributed by atoms with Gasteiger partial charge < -0.3 is 20.5 Å². The van der Waals surface area contributed by atoms with Gasteiger partial charge in [0.05, 0.1) is 5.69 Å². The third-order valence-corrected chi connectivity index (χ3v) is 7.08. The number of nitrogens with zero attached hydrogens (tertiary/aromatic N) is 1. The summed E-state index contributed by atoms with van der Waals surface area (Å²) in [7, 11) is 0. The number of aliphatic carboxylic acids is 1. The van der Waals surface area contributed by atoms with E-state index in [1.807, 2.05) is 32.9 Å². The van der Waals surface area contributed by atoms with Crippen LogP contribution in [0.25, 0.3) is 0 Å². The minimum atomic E-state index is -1.25. The molecule has 1 aromatic rings. The average molecular weight is 413 g/mol. The molecule has 2 saturated heterocycles. The molecule has 0 saturated carbocycles. The van der Waals surface area contributed by atoms with E-state index in [9.17, 15) is 24.3 Å². The molecule has 4 atom stereocenters. The fourth-order valence-corrected chi connectivity index (χ4v) is 5.43. The number of hydrogen-bond donors (Lipinski definition) is 2. The number of rotatable bonds is 6. The maximum absolute atomic E-state index is 13.4. The van der Waals surface area contributed by atoms with E-state index in [0.717, 1.165) is 17.5 Å². The lowest BCUT2D eigenvalue weighted by molar-refractivity contribution is -0.734. The third kappa shape index (κ3) is 2.70. The summed E-state index contributed by atoms with van der Waals surface area (Å²) < 4.78 is 0. The Morgan fingerprint density at radius 2 is 1.97 bits per heavy atom. The van der Waals surface area contributed by atoms with Crippen molar-refractivity contribution in [2.75, 3.05) is 11.9 Å². The summed E-state index contributed by atoms with van der Waals surface area (Å²) in [6.07, 6.45) is 1.47. The van der Waals surface area contributed by atoms with E-state index >= 15 is 0 Å². The molecule has 0 radical (unpaired) electrons. The van der Waals surface area contributed by atoms with Crippen LogP contribution in [0.3, 0.4) is 0 Å². The highest BCUT2D eigenvalue weighted by Crippen LogP contribution is 2.50. The molecule has 8 heteroatoms. The highest BCUT2D eigenvalue weighted by molar-refractivity contribution is 6.14. The number of quaternary nitrogens is 1. The van der Waals surface area contributed by atoms with Crippen molar-refractivity contribution in [1.29, 1.82) is 0 Å². The van der Waals surface area contributed by atoms with Gasteiger partial charge in [-0.05, 0) is 43.9 Å². The van der Waals surface area contributed by atoms with E-state index in [-0.39, 0.29) is 30.6 Å². The van der Waals surface area contributed by atoms with Crippen LogP contribution in [0.1, 0.15) is 49.3 Å². The Labute approximate surface area is 175 Å². The van der Waals surface area contributed by atoms with Crippen molar-refractivity contribution in [3.8, 4) is 0 Å². The molecule has 3 aliphatic rings. The third-order valence-electron chi connectivity index (χ3n) is 7.08. The maximum Gasteiger partial charge on any atom is 0.291 e. The van der Waals surface area contributed by atoms with E-state index in [1.54, 1.807) is 5.32 Å². The van der Waals surface area contributed by atoms with Crippen molar-refractivity contribution in [1.82, 2.24) is 4.90 Å². The number of nitrogens with one attached hydrogen (secondary N) is 1. The molecule has 4 rings (SSSR count). The predicted molar refractivity (Wildman–Crippen MR) is 105 cm³/mol. The smallest absolute Gasteiger partial charge is 0.291 e. The summed E-state index contributed by atoms with van der Waals surface area (Å²) in [5.41, 5.74) is 2.11. The first-order valence-corrected chi connectivity index (χ1v) is 10.6. The number of benzene rings is 1. The lowest BCUT2D eigenvalue weighted by Gasteiger charge is -2.26. The van der Waals surface area contributed by atoms with Gasteiger partial charge in [0.1, 0.15) is 17.9 Å². The van der Waals surface area contributed by atoms with Gasteiger partial charge in [0.25, 0.3) is 5.91 Å². The van der Waals surface area contributed by atoms with Crippen LogP contribution < -0.4 is 15.7 Å². The molecule has 0 unspecified atom stereocenters. The second kappa shape index (κ2) is 7.19. The van der Waals surface area contributed by atoms with Gasteiger partial charge in [-0.2, -0.15) is 0 Å². The number of likely N-dealkylation sites (tertiary alicyclic amines) is 1. The van der Waals surface area contributed by atoms with Crippen LogP contribution >= 0.6 is 0 Å². The molecule has 0 bridgehead atoms. The lowest BCUT2D eigenvalue weighted by Crippen LogP contribution is -2.99. The summed E-state index contributed by atoms with van der Waals surface area (Å²) in [6, 6.07) is 3.30. The number of carbonyl (C=O) groups excluding carboxylic acids is 4. The molecule has 0 aliphatic carbocycles. The number of carbonyl (C=O) groups is 4. The van der Waals surface area contributed by atoms with Crippen molar-refractivity contribution in [2.24, 2.45) is 11.8 Å². The lowest BCUT2D eigenvalue weighted by atomic mass is 9.76. The summed E-state index contributed by atoms with van der Waals surface area (Å²) in [4.78, 5) is 52.4. The van der Waals surface area contributed by atoms with Crippen molar-refractivity contribution in [2.45, 2.75) is 58.0 Å². The van der Waals surface area contributed by atoms with E-state index in [4.69, 9.17) is 0 Å². The number of hydrogen-bond acceptors (Lipinski definition) is 5. The van der Waals surface area contributed by atoms with Crippen LogP contribution in [0.15, 0.2) is 12.1 Å². The van der Waals surface area contributed by atoms with Crippen LogP contribution in [-0.4, -0.2) is 41.2 Å². The fourth-order valence-electron chi connectivity index (χ4n) is 5.43. The zero-order valence-corrected chi connectivity index (χ0v) is 17.5. The highest BCUT2D eigenvalue weighted by atomic mass is 16.4. The summed E-state index contributed by atoms with van der Waals surface area (Å²) in [5, 5.41) is 15.8. The molecule has 3 heterocycles. The average Bonchev–Trinajstić information content (AvgIpc) is 3.27. The van der Waals surface area contributed by atoms with Gasteiger partial charge in [0.2, 0.25) is 17.4 Å². The van der Waals surface area contributed by atoms with Gasteiger partial charge in [-0.3, -0.25) is 19.3 Å². The molecule has 30 heavy (non-hydrogen) atoms. The number of carboxylic acid groups (broad SMARTS) is 1. The van der Waals surface area contributed by atoms with Gasteiger partial charge >= 0.3 is 0 Å². The standard InChI is InChI=1S/C22H27N3O5/c1-4-5-10-25-19(28)16-14(8-9-15(26)27)24-22(17(16)20(25)29)13-7-6-11(2)12(3)18(13)23-21(22)30/h6-7,14,16-17,24H,4-5,8-10H2,1-3H3,(H,23,30)(H,26,27)/t14-,16+,17-,22+/m0/s1. The molecular formula is C22H27N3O5. The molecule has 0 aromatic heterocycles. The van der Waals surface area contributed by atoms with Gasteiger partial charge in [0, 0.05) is 24.5 Å². The largest absolute Gasteiger partial charge is 0.550 e. The number of aryl methyl sites for hydroxylation is 1. The molecule has 3 amide bonds. The van der Waals surface area contributed by atoms with Crippen LogP contribution in [-0.2, 0) is 24.7 Å². The van der Waals surface area contributed by atoms with Gasteiger partial charge in [0.15, 0.2) is 0 Å². The van der Waals surface area contributed by atoms with E-state index < -0.39 is 29.4 Å². The monoisotopic (exact) mass is 413 g/mol. The summed E-state index contributed by atoms with van der Waals surface area (Å²) >= 11 is 0. The zero-order valence-electron chi connectivity index (χ0n) is 17.5. The van der Waals surface area contributed by atoms with E-state index in [2.05, 4.69) is 5.32 Å². The molecule has 1 aromatic carbocycles. The second-order valence-corrected chi connectivity index (χ2v) is 8.68. The molecule has 3 N–H and O–H groups in total. The van der Waals surface area contributed by atoms with Gasteiger partial charge in [-0.1, -0.05) is 19.4 Å². The Balaban J connectivity index is 1.83. The summed E-state index contributed by atoms with van der Waals surface area (Å²) in [5.74, 6) is -3.69. The number of fused-ring (bicyclic) bond motifs is 4. The number of imide groups is 1. The summed E-state index contributed by atoms with van der Waals surface area (Å²) in [6.45, 7) is 6.18. The molecule has 160 valence electrons. The van der Waals surface area contributed by atoms with Crippen LogP contribution in [0.5, 0.6) is 0 Å². The topological polar surface area (TPSA) is 123 Å².